The van der Waals surface area contributed by atoms with Crippen LogP contribution in [-0.2, 0) is 17.7 Å². The maximum Gasteiger partial charge on any atom is 0.409 e. The number of aromatic nitrogens is 1. The Labute approximate surface area is 148 Å². The zero-order valence-corrected chi connectivity index (χ0v) is 15.0. The predicted molar refractivity (Wildman–Crippen MR) is 94.8 cm³/mol. The molecule has 0 bridgehead atoms. The van der Waals surface area contributed by atoms with Gasteiger partial charge in [0.05, 0.1) is 24.9 Å². The zero-order valence-electron chi connectivity index (χ0n) is 13.4. The van der Waals surface area contributed by atoms with Crippen molar-refractivity contribution in [3.05, 3.63) is 40.4 Å². The second-order valence-electron chi connectivity index (χ2n) is 5.18. The molecule has 0 aliphatic carbocycles. The van der Waals surface area contributed by atoms with E-state index in [0.29, 0.717) is 30.2 Å². The number of carbonyl (C=O) groups is 2. The zero-order chi connectivity index (χ0) is 17.1. The molecule has 0 radical (unpaired) electrons. The minimum Gasteiger partial charge on any atom is -0.453 e. The molecule has 2 heterocycles. The number of anilines is 1. The van der Waals surface area contributed by atoms with Crippen molar-refractivity contribution in [2.24, 2.45) is 0 Å². The van der Waals surface area contributed by atoms with Gasteiger partial charge in [0, 0.05) is 22.7 Å². The summed E-state index contributed by atoms with van der Waals surface area (Å²) >= 11 is 2.94. The second kappa shape index (κ2) is 7.23. The van der Waals surface area contributed by atoms with Crippen LogP contribution in [-0.4, -0.2) is 41.8 Å². The van der Waals surface area contributed by atoms with E-state index >= 15 is 0 Å². The van der Waals surface area contributed by atoms with Crippen LogP contribution >= 0.6 is 23.1 Å². The number of hydrogen-bond donors (Lipinski definition) is 1. The Morgan fingerprint density at radius 3 is 2.92 bits per heavy atom. The van der Waals surface area contributed by atoms with Crippen LogP contribution in [0.25, 0.3) is 0 Å². The van der Waals surface area contributed by atoms with Gasteiger partial charge >= 0.3 is 6.09 Å². The van der Waals surface area contributed by atoms with Crippen molar-refractivity contribution in [3.63, 3.8) is 0 Å². The highest BCUT2D eigenvalue weighted by molar-refractivity contribution is 7.98. The fraction of sp³-hybridized carbons (Fsp3) is 0.312. The van der Waals surface area contributed by atoms with Gasteiger partial charge in [-0.3, -0.25) is 10.1 Å². The maximum absolute atomic E-state index is 12.5. The lowest BCUT2D eigenvalue weighted by molar-refractivity contribution is 0.102. The molecule has 126 valence electrons. The molecular weight excluding hydrogens is 346 g/mol. The van der Waals surface area contributed by atoms with Crippen molar-refractivity contribution in [2.75, 3.05) is 25.2 Å². The minimum absolute atomic E-state index is 0.170. The van der Waals surface area contributed by atoms with E-state index in [2.05, 4.69) is 10.3 Å². The van der Waals surface area contributed by atoms with Crippen LogP contribution < -0.4 is 5.32 Å². The molecule has 0 fully saturated rings. The predicted octanol–water partition coefficient (Wildman–Crippen LogP) is 3.24. The number of benzene rings is 1. The van der Waals surface area contributed by atoms with Crippen LogP contribution in [0.5, 0.6) is 0 Å². The van der Waals surface area contributed by atoms with Crippen LogP contribution in [0.2, 0.25) is 0 Å². The number of carbonyl (C=O) groups excluding carboxylic acids is 2. The van der Waals surface area contributed by atoms with E-state index in [9.17, 15) is 9.59 Å². The van der Waals surface area contributed by atoms with Crippen molar-refractivity contribution >= 4 is 40.2 Å². The number of thioether (sulfide) groups is 1. The minimum atomic E-state index is -0.339. The van der Waals surface area contributed by atoms with Crippen molar-refractivity contribution < 1.29 is 14.3 Å². The summed E-state index contributed by atoms with van der Waals surface area (Å²) in [6.45, 7) is 1.04. The molecule has 1 aromatic heterocycles. The second-order valence-corrected chi connectivity index (χ2v) is 7.12. The summed E-state index contributed by atoms with van der Waals surface area (Å²) in [4.78, 5) is 32.2. The Hall–Kier alpha value is -2.06. The van der Waals surface area contributed by atoms with Crippen LogP contribution in [0.15, 0.2) is 29.2 Å². The Kier molecular flexibility index (Phi) is 5.06. The number of thiazole rings is 1. The molecule has 8 heteroatoms. The van der Waals surface area contributed by atoms with Crippen molar-refractivity contribution in [1.82, 2.24) is 9.88 Å². The molecule has 0 saturated carbocycles. The molecule has 0 atom stereocenters. The van der Waals surface area contributed by atoms with Crippen molar-refractivity contribution in [3.8, 4) is 0 Å². The fourth-order valence-electron chi connectivity index (χ4n) is 2.53. The molecule has 1 N–H and O–H groups in total. The largest absolute Gasteiger partial charge is 0.453 e. The lowest BCUT2D eigenvalue weighted by Crippen LogP contribution is -2.35. The molecule has 0 spiro atoms. The van der Waals surface area contributed by atoms with E-state index in [1.807, 2.05) is 24.5 Å². The first-order chi connectivity index (χ1) is 11.6. The summed E-state index contributed by atoms with van der Waals surface area (Å²) in [5.74, 6) is -0.170. The van der Waals surface area contributed by atoms with Crippen LogP contribution in [0.4, 0.5) is 9.93 Å². The number of nitrogens with zero attached hydrogens (tertiary/aromatic N) is 2. The van der Waals surface area contributed by atoms with Gasteiger partial charge in [-0.05, 0) is 18.4 Å². The summed E-state index contributed by atoms with van der Waals surface area (Å²) in [5.41, 5.74) is 1.57. The summed E-state index contributed by atoms with van der Waals surface area (Å²) < 4.78 is 4.76. The molecule has 3 rings (SSSR count). The van der Waals surface area contributed by atoms with Gasteiger partial charge in [0.2, 0.25) is 0 Å². The first-order valence-corrected chi connectivity index (χ1v) is 9.42. The number of fused-ring (bicyclic) bond motifs is 1. The summed E-state index contributed by atoms with van der Waals surface area (Å²) in [6, 6.07) is 7.47. The topological polar surface area (TPSA) is 71.5 Å². The Morgan fingerprint density at radius 1 is 1.38 bits per heavy atom. The molecule has 6 nitrogen and oxygen atoms in total. The Balaban J connectivity index is 1.75. The van der Waals surface area contributed by atoms with Gasteiger partial charge in [-0.15, -0.1) is 11.8 Å². The van der Waals surface area contributed by atoms with E-state index in [1.54, 1.807) is 11.0 Å². The normalized spacial score (nSPS) is 13.3. The summed E-state index contributed by atoms with van der Waals surface area (Å²) in [6.07, 6.45) is 2.27. The van der Waals surface area contributed by atoms with E-state index in [4.69, 9.17) is 4.74 Å². The molecule has 1 aliphatic rings. The lowest BCUT2D eigenvalue weighted by Gasteiger charge is -2.24. The fourth-order valence-corrected chi connectivity index (χ4v) is 4.14. The monoisotopic (exact) mass is 363 g/mol. The molecule has 24 heavy (non-hydrogen) atoms. The van der Waals surface area contributed by atoms with Crippen molar-refractivity contribution in [1.29, 1.82) is 0 Å². The third-order valence-electron chi connectivity index (χ3n) is 3.74. The standard InChI is InChI=1S/C16H17N3O3S2/c1-22-16(21)19-8-7-11-13(9-19)24-15(17-11)18-14(20)10-5-3-4-6-12(10)23-2/h3-6H,7-9H2,1-2H3,(H,17,18,20). The summed E-state index contributed by atoms with van der Waals surface area (Å²) in [5, 5.41) is 3.43. The van der Waals surface area contributed by atoms with Gasteiger partial charge in [-0.2, -0.15) is 0 Å². The summed E-state index contributed by atoms with van der Waals surface area (Å²) in [7, 11) is 1.37. The SMILES string of the molecule is COC(=O)N1CCc2nc(NC(=O)c3ccccc3SC)sc2C1. The Morgan fingerprint density at radius 2 is 2.17 bits per heavy atom. The third kappa shape index (κ3) is 3.39. The van der Waals surface area contributed by atoms with Gasteiger partial charge in [-0.1, -0.05) is 23.5 Å². The van der Waals surface area contributed by atoms with Gasteiger partial charge in [-0.25, -0.2) is 9.78 Å². The van der Waals surface area contributed by atoms with Crippen LogP contribution in [0, 0.1) is 0 Å². The van der Waals surface area contributed by atoms with Gasteiger partial charge in [0.25, 0.3) is 5.91 Å². The number of rotatable bonds is 3. The van der Waals surface area contributed by atoms with E-state index in [0.717, 1.165) is 15.5 Å². The highest BCUT2D eigenvalue weighted by Crippen LogP contribution is 2.29. The molecule has 0 saturated heterocycles. The van der Waals surface area contributed by atoms with E-state index < -0.39 is 0 Å². The highest BCUT2D eigenvalue weighted by atomic mass is 32.2. The van der Waals surface area contributed by atoms with Gasteiger partial charge in [0.1, 0.15) is 0 Å². The molecule has 1 aliphatic heterocycles. The molecule has 0 unspecified atom stereocenters. The number of methoxy groups -OCH3 is 1. The van der Waals surface area contributed by atoms with Crippen molar-refractivity contribution in [2.45, 2.75) is 17.9 Å². The van der Waals surface area contributed by atoms with E-state index in [-0.39, 0.29) is 12.0 Å². The number of nitrogens with one attached hydrogen (secondary N) is 1. The average molecular weight is 363 g/mol. The highest BCUT2D eigenvalue weighted by Gasteiger charge is 2.25. The number of ether oxygens (including phenoxy) is 1. The molecule has 2 amide bonds. The third-order valence-corrected chi connectivity index (χ3v) is 5.53. The molecule has 1 aromatic carbocycles. The first kappa shape index (κ1) is 16.8. The van der Waals surface area contributed by atoms with Crippen LogP contribution in [0.3, 0.4) is 0 Å². The van der Waals surface area contributed by atoms with Crippen LogP contribution in [0.1, 0.15) is 20.9 Å². The maximum atomic E-state index is 12.5. The number of amides is 2. The molecular formula is C16H17N3O3S2. The smallest absolute Gasteiger partial charge is 0.409 e. The van der Waals surface area contributed by atoms with E-state index in [1.165, 1.54) is 30.2 Å². The van der Waals surface area contributed by atoms with Gasteiger partial charge < -0.3 is 9.64 Å². The average Bonchev–Trinajstić information content (AvgIpc) is 3.02. The van der Waals surface area contributed by atoms with Gasteiger partial charge in [0.15, 0.2) is 5.13 Å². The Bertz CT molecular complexity index is 776. The lowest BCUT2D eigenvalue weighted by atomic mass is 10.2. The molecule has 2 aromatic rings. The quantitative estimate of drug-likeness (QED) is 0.848. The first-order valence-electron chi connectivity index (χ1n) is 7.38. The number of hydrogen-bond acceptors (Lipinski definition) is 6.